The van der Waals surface area contributed by atoms with E-state index < -0.39 is 0 Å². The van der Waals surface area contributed by atoms with Crippen LogP contribution in [0.4, 0.5) is 5.69 Å². The predicted molar refractivity (Wildman–Crippen MR) is 101 cm³/mol. The number of rotatable bonds is 4. The third-order valence-electron chi connectivity index (χ3n) is 3.91. The Morgan fingerprint density at radius 2 is 1.79 bits per heavy atom. The molecule has 2 N–H and O–H groups in total. The lowest BCUT2D eigenvalue weighted by Crippen LogP contribution is -2.31. The summed E-state index contributed by atoms with van der Waals surface area (Å²) in [7, 11) is 1.37. The molecule has 0 fully saturated rings. The maximum absolute atomic E-state index is 11.8. The minimum atomic E-state index is -0.358. The zero-order valence-corrected chi connectivity index (χ0v) is 15.2. The fourth-order valence-corrected chi connectivity index (χ4v) is 2.68. The summed E-state index contributed by atoms with van der Waals surface area (Å²) in [4.78, 5) is 11.8. The van der Waals surface area contributed by atoms with E-state index in [0.29, 0.717) is 10.7 Å². The molecule has 2 aromatic rings. The average Bonchev–Trinajstić information content (AvgIpc) is 2.56. The van der Waals surface area contributed by atoms with Crippen LogP contribution in [0, 0.1) is 13.8 Å². The van der Waals surface area contributed by atoms with Crippen LogP contribution < -0.4 is 10.6 Å². The van der Waals surface area contributed by atoms with Gasteiger partial charge in [-0.25, -0.2) is 4.79 Å². The summed E-state index contributed by atoms with van der Waals surface area (Å²) < 4.78 is 4.79. The summed E-state index contributed by atoms with van der Waals surface area (Å²) in [6.45, 7) is 5.97. The molecule has 0 bridgehead atoms. The first-order valence-electron chi connectivity index (χ1n) is 7.74. The van der Waals surface area contributed by atoms with Gasteiger partial charge in [0, 0.05) is 5.69 Å². The first kappa shape index (κ1) is 17.9. The van der Waals surface area contributed by atoms with Crippen molar-refractivity contribution in [3.63, 3.8) is 0 Å². The van der Waals surface area contributed by atoms with Gasteiger partial charge in [-0.05, 0) is 56.2 Å². The summed E-state index contributed by atoms with van der Waals surface area (Å²) in [6, 6.07) is 13.8. The monoisotopic (exact) mass is 342 g/mol. The topological polar surface area (TPSA) is 50.4 Å². The molecule has 0 aliphatic rings. The number of thiocarbonyl (C=S) groups is 1. The van der Waals surface area contributed by atoms with Gasteiger partial charge in [0.05, 0.1) is 18.7 Å². The van der Waals surface area contributed by atoms with E-state index in [-0.39, 0.29) is 12.0 Å². The third-order valence-corrected chi connectivity index (χ3v) is 4.13. The molecule has 1 atom stereocenters. The molecule has 0 amide bonds. The lowest BCUT2D eigenvalue weighted by molar-refractivity contribution is 0.0600. The molecule has 0 unspecified atom stereocenters. The molecule has 2 aromatic carbocycles. The summed E-state index contributed by atoms with van der Waals surface area (Å²) in [5.74, 6) is -0.358. The van der Waals surface area contributed by atoms with E-state index >= 15 is 0 Å². The number of esters is 1. The van der Waals surface area contributed by atoms with Crippen LogP contribution in [0.2, 0.25) is 0 Å². The lowest BCUT2D eigenvalue weighted by atomic mass is 10.1. The predicted octanol–water partition coefficient (Wildman–Crippen LogP) is 4.14. The molecule has 2 rings (SSSR count). The molecule has 4 nitrogen and oxygen atoms in total. The largest absolute Gasteiger partial charge is 0.465 e. The second-order valence-corrected chi connectivity index (χ2v) is 6.11. The first-order chi connectivity index (χ1) is 11.4. The highest BCUT2D eigenvalue weighted by molar-refractivity contribution is 7.80. The van der Waals surface area contributed by atoms with Gasteiger partial charge >= 0.3 is 5.97 Å². The van der Waals surface area contributed by atoms with E-state index in [1.807, 2.05) is 13.0 Å². The Hall–Kier alpha value is -2.40. The molecule has 0 saturated carbocycles. The number of nitrogens with one attached hydrogen (secondary N) is 2. The smallest absolute Gasteiger partial charge is 0.338 e. The molecule has 0 aliphatic heterocycles. The van der Waals surface area contributed by atoms with Gasteiger partial charge in [0.25, 0.3) is 0 Å². The number of hydrogen-bond acceptors (Lipinski definition) is 3. The maximum atomic E-state index is 11.8. The van der Waals surface area contributed by atoms with Crippen molar-refractivity contribution in [3.8, 4) is 0 Å². The van der Waals surface area contributed by atoms with Crippen LogP contribution >= 0.6 is 12.2 Å². The molecule has 0 radical (unpaired) electrons. The Bertz CT molecular complexity index is 742. The molecule has 5 heteroatoms. The fourth-order valence-electron chi connectivity index (χ4n) is 2.40. The Balaban J connectivity index is 2.07. The van der Waals surface area contributed by atoms with Gasteiger partial charge < -0.3 is 15.4 Å². The van der Waals surface area contributed by atoms with Crippen LogP contribution in [0.25, 0.3) is 0 Å². The zero-order chi connectivity index (χ0) is 17.7. The Kier molecular flexibility index (Phi) is 5.93. The van der Waals surface area contributed by atoms with E-state index in [4.69, 9.17) is 17.0 Å². The standard InChI is InChI=1S/C19H22N2O2S/c1-12-8-10-15(11-9-12)14(3)20-19(24)21-17-7-5-6-16(13(17)2)18(22)23-4/h5-11,14H,1-4H3,(H2,20,21,24)/t14-/m0/s1. The van der Waals surface area contributed by atoms with Crippen LogP contribution in [0.1, 0.15) is 40.0 Å². The Morgan fingerprint density at radius 3 is 2.42 bits per heavy atom. The van der Waals surface area contributed by atoms with Crippen LogP contribution in [-0.4, -0.2) is 18.2 Å². The molecule has 0 spiro atoms. The summed E-state index contributed by atoms with van der Waals surface area (Å²) in [5.41, 5.74) is 4.49. The van der Waals surface area contributed by atoms with Crippen molar-refractivity contribution >= 4 is 29.0 Å². The van der Waals surface area contributed by atoms with Crippen LogP contribution in [0.3, 0.4) is 0 Å². The van der Waals surface area contributed by atoms with Crippen LogP contribution in [-0.2, 0) is 4.74 Å². The molecule has 0 heterocycles. The number of carbonyl (C=O) groups is 1. The van der Waals surface area contributed by atoms with Crippen LogP contribution in [0.15, 0.2) is 42.5 Å². The number of ether oxygens (including phenoxy) is 1. The number of benzene rings is 2. The lowest BCUT2D eigenvalue weighted by Gasteiger charge is -2.19. The SMILES string of the molecule is COC(=O)c1cccc(NC(=S)N[C@@H](C)c2ccc(C)cc2)c1C. The quantitative estimate of drug-likeness (QED) is 0.646. The number of anilines is 1. The molecule has 0 aliphatic carbocycles. The second kappa shape index (κ2) is 7.93. The Morgan fingerprint density at radius 1 is 1.12 bits per heavy atom. The summed E-state index contributed by atoms with van der Waals surface area (Å²) >= 11 is 5.40. The number of carbonyl (C=O) groups excluding carboxylic acids is 1. The average molecular weight is 342 g/mol. The summed E-state index contributed by atoms with van der Waals surface area (Å²) in [6.07, 6.45) is 0. The van der Waals surface area contributed by atoms with Gasteiger partial charge in [0.1, 0.15) is 0 Å². The van der Waals surface area contributed by atoms with E-state index in [1.165, 1.54) is 12.7 Å². The zero-order valence-electron chi connectivity index (χ0n) is 14.3. The van der Waals surface area contributed by atoms with Crippen molar-refractivity contribution in [1.82, 2.24) is 5.32 Å². The van der Waals surface area contributed by atoms with Gasteiger partial charge in [0.2, 0.25) is 0 Å². The van der Waals surface area contributed by atoms with Crippen LogP contribution in [0.5, 0.6) is 0 Å². The second-order valence-electron chi connectivity index (χ2n) is 5.70. The van der Waals surface area contributed by atoms with Crippen molar-refractivity contribution in [2.45, 2.75) is 26.8 Å². The van der Waals surface area contributed by atoms with E-state index in [1.54, 1.807) is 12.1 Å². The first-order valence-corrected chi connectivity index (χ1v) is 8.15. The van der Waals surface area contributed by atoms with E-state index in [0.717, 1.165) is 16.8 Å². The fraction of sp³-hybridized carbons (Fsp3) is 0.263. The van der Waals surface area contributed by atoms with Crippen molar-refractivity contribution in [1.29, 1.82) is 0 Å². The normalized spacial score (nSPS) is 11.5. The van der Waals surface area contributed by atoms with Crippen molar-refractivity contribution in [3.05, 3.63) is 64.7 Å². The van der Waals surface area contributed by atoms with Crippen molar-refractivity contribution < 1.29 is 9.53 Å². The van der Waals surface area contributed by atoms with Crippen molar-refractivity contribution in [2.24, 2.45) is 0 Å². The van der Waals surface area contributed by atoms with Crippen molar-refractivity contribution in [2.75, 3.05) is 12.4 Å². The highest BCUT2D eigenvalue weighted by Crippen LogP contribution is 2.20. The minimum absolute atomic E-state index is 0.0784. The van der Waals surface area contributed by atoms with Gasteiger partial charge in [0.15, 0.2) is 5.11 Å². The van der Waals surface area contributed by atoms with Gasteiger partial charge in [-0.2, -0.15) is 0 Å². The molecule has 0 aromatic heterocycles. The van der Waals surface area contributed by atoms with E-state index in [9.17, 15) is 4.79 Å². The molecular formula is C19H22N2O2S. The molecule has 126 valence electrons. The maximum Gasteiger partial charge on any atom is 0.338 e. The van der Waals surface area contributed by atoms with Gasteiger partial charge in [-0.1, -0.05) is 35.9 Å². The number of methoxy groups -OCH3 is 1. The number of hydrogen-bond donors (Lipinski definition) is 2. The van der Waals surface area contributed by atoms with Gasteiger partial charge in [-0.3, -0.25) is 0 Å². The molecule has 24 heavy (non-hydrogen) atoms. The highest BCUT2D eigenvalue weighted by atomic mass is 32.1. The summed E-state index contributed by atoms with van der Waals surface area (Å²) in [5, 5.41) is 6.92. The van der Waals surface area contributed by atoms with E-state index in [2.05, 4.69) is 48.7 Å². The number of aryl methyl sites for hydroxylation is 1. The highest BCUT2D eigenvalue weighted by Gasteiger charge is 2.13. The minimum Gasteiger partial charge on any atom is -0.465 e. The third kappa shape index (κ3) is 4.32. The molecule has 0 saturated heterocycles. The molecular weight excluding hydrogens is 320 g/mol. The van der Waals surface area contributed by atoms with Gasteiger partial charge in [-0.15, -0.1) is 0 Å². The Labute approximate surface area is 148 Å².